The highest BCUT2D eigenvalue weighted by Crippen LogP contribution is 2.30. The molecule has 5 heteroatoms. The smallest absolute Gasteiger partial charge is 0.416 e. The van der Waals surface area contributed by atoms with E-state index >= 15 is 0 Å². The fraction of sp³-hybridized carbons (Fsp3) is 0.538. The maximum Gasteiger partial charge on any atom is 0.416 e. The summed E-state index contributed by atoms with van der Waals surface area (Å²) in [5.41, 5.74) is -0.660. The second-order valence-corrected chi connectivity index (χ2v) is 4.13. The van der Waals surface area contributed by atoms with Crippen LogP contribution in [0.5, 0.6) is 5.75 Å². The van der Waals surface area contributed by atoms with Crippen LogP contribution < -0.4 is 10.1 Å². The van der Waals surface area contributed by atoms with Crippen LogP contribution in [0.15, 0.2) is 24.3 Å². The fourth-order valence-electron chi connectivity index (χ4n) is 1.36. The van der Waals surface area contributed by atoms with Crippen molar-refractivity contribution in [2.45, 2.75) is 32.5 Å². The van der Waals surface area contributed by atoms with E-state index in [2.05, 4.69) is 19.2 Å². The molecule has 1 aromatic rings. The van der Waals surface area contributed by atoms with Crippen LogP contribution in [0.2, 0.25) is 0 Å². The first-order valence-electron chi connectivity index (χ1n) is 5.97. The standard InChI is InChI=1S/C13H18F3NO/c1-3-10(2)17-8-9-18-12-6-4-11(5-7-12)13(14,15)16/h4-7,10,17H,3,8-9H2,1-2H3. The monoisotopic (exact) mass is 261 g/mol. The van der Waals surface area contributed by atoms with Gasteiger partial charge in [-0.15, -0.1) is 0 Å². The van der Waals surface area contributed by atoms with Gasteiger partial charge in [-0.3, -0.25) is 0 Å². The van der Waals surface area contributed by atoms with Crippen molar-refractivity contribution in [2.24, 2.45) is 0 Å². The second kappa shape index (κ2) is 6.64. The molecule has 1 aromatic carbocycles. The predicted octanol–water partition coefficient (Wildman–Crippen LogP) is 3.47. The third-order valence-electron chi connectivity index (χ3n) is 2.66. The molecule has 0 heterocycles. The minimum atomic E-state index is -4.29. The van der Waals surface area contributed by atoms with E-state index in [0.717, 1.165) is 18.6 Å². The van der Waals surface area contributed by atoms with Crippen molar-refractivity contribution in [1.82, 2.24) is 5.32 Å². The summed E-state index contributed by atoms with van der Waals surface area (Å²) in [7, 11) is 0. The molecular formula is C13H18F3NO. The largest absolute Gasteiger partial charge is 0.492 e. The van der Waals surface area contributed by atoms with Crippen LogP contribution in [0, 0.1) is 0 Å². The van der Waals surface area contributed by atoms with Gasteiger partial charge >= 0.3 is 6.18 Å². The Morgan fingerprint density at radius 2 is 1.83 bits per heavy atom. The molecule has 0 bridgehead atoms. The van der Waals surface area contributed by atoms with Crippen molar-refractivity contribution >= 4 is 0 Å². The number of benzene rings is 1. The topological polar surface area (TPSA) is 21.3 Å². The quantitative estimate of drug-likeness (QED) is 0.792. The van der Waals surface area contributed by atoms with Gasteiger partial charge < -0.3 is 10.1 Å². The molecule has 0 amide bonds. The zero-order valence-electron chi connectivity index (χ0n) is 10.6. The molecule has 0 aliphatic carbocycles. The average molecular weight is 261 g/mol. The highest BCUT2D eigenvalue weighted by molar-refractivity contribution is 5.28. The number of nitrogens with one attached hydrogen (secondary N) is 1. The summed E-state index contributed by atoms with van der Waals surface area (Å²) >= 11 is 0. The van der Waals surface area contributed by atoms with Crippen molar-refractivity contribution in [1.29, 1.82) is 0 Å². The lowest BCUT2D eigenvalue weighted by Gasteiger charge is -2.12. The number of halogens is 3. The minimum absolute atomic E-state index is 0.418. The van der Waals surface area contributed by atoms with Crippen LogP contribution in [-0.4, -0.2) is 19.2 Å². The maximum atomic E-state index is 12.3. The average Bonchev–Trinajstić information content (AvgIpc) is 2.33. The molecule has 1 N–H and O–H groups in total. The number of rotatable bonds is 6. The van der Waals surface area contributed by atoms with Crippen LogP contribution in [-0.2, 0) is 6.18 Å². The van der Waals surface area contributed by atoms with Gasteiger partial charge in [0.15, 0.2) is 0 Å². The number of ether oxygens (including phenoxy) is 1. The van der Waals surface area contributed by atoms with Crippen LogP contribution in [0.25, 0.3) is 0 Å². The molecular weight excluding hydrogens is 243 g/mol. The molecule has 0 aliphatic heterocycles. The van der Waals surface area contributed by atoms with E-state index in [1.165, 1.54) is 12.1 Å². The molecule has 0 radical (unpaired) electrons. The molecule has 0 saturated carbocycles. The Morgan fingerprint density at radius 1 is 1.22 bits per heavy atom. The van der Waals surface area contributed by atoms with E-state index < -0.39 is 11.7 Å². The Bertz CT molecular complexity index is 348. The van der Waals surface area contributed by atoms with E-state index in [9.17, 15) is 13.2 Å². The molecule has 2 nitrogen and oxygen atoms in total. The van der Waals surface area contributed by atoms with Gasteiger partial charge in [-0.2, -0.15) is 13.2 Å². The Morgan fingerprint density at radius 3 is 2.33 bits per heavy atom. The lowest BCUT2D eigenvalue weighted by Crippen LogP contribution is -2.29. The summed E-state index contributed by atoms with van der Waals surface area (Å²) in [6, 6.07) is 5.15. The van der Waals surface area contributed by atoms with E-state index in [1.807, 2.05) is 0 Å². The highest BCUT2D eigenvalue weighted by atomic mass is 19.4. The summed E-state index contributed by atoms with van der Waals surface area (Å²) in [5, 5.41) is 3.23. The van der Waals surface area contributed by atoms with E-state index in [-0.39, 0.29) is 0 Å². The van der Waals surface area contributed by atoms with Crippen molar-refractivity contribution in [3.8, 4) is 5.75 Å². The summed E-state index contributed by atoms with van der Waals surface area (Å²) < 4.78 is 42.2. The van der Waals surface area contributed by atoms with E-state index in [1.54, 1.807) is 0 Å². The molecule has 0 aliphatic rings. The number of hydrogen-bond acceptors (Lipinski definition) is 2. The maximum absolute atomic E-state index is 12.3. The first-order valence-corrected chi connectivity index (χ1v) is 5.97. The van der Waals surface area contributed by atoms with Crippen LogP contribution in [0.4, 0.5) is 13.2 Å². The summed E-state index contributed by atoms with van der Waals surface area (Å²) in [4.78, 5) is 0. The van der Waals surface area contributed by atoms with Gasteiger partial charge in [-0.05, 0) is 37.6 Å². The van der Waals surface area contributed by atoms with Gasteiger partial charge in [-0.25, -0.2) is 0 Å². The summed E-state index contributed by atoms with van der Waals surface area (Å²) in [6.45, 7) is 5.26. The van der Waals surface area contributed by atoms with Gasteiger partial charge in [0.05, 0.1) is 5.56 Å². The predicted molar refractivity (Wildman–Crippen MR) is 64.7 cm³/mol. The van der Waals surface area contributed by atoms with Crippen LogP contribution in [0.1, 0.15) is 25.8 Å². The van der Waals surface area contributed by atoms with Gasteiger partial charge in [-0.1, -0.05) is 6.92 Å². The molecule has 102 valence electrons. The van der Waals surface area contributed by atoms with Crippen molar-refractivity contribution in [3.05, 3.63) is 29.8 Å². The number of hydrogen-bond donors (Lipinski definition) is 1. The second-order valence-electron chi connectivity index (χ2n) is 4.13. The zero-order chi connectivity index (χ0) is 13.6. The molecule has 0 saturated heterocycles. The van der Waals surface area contributed by atoms with Gasteiger partial charge in [0.25, 0.3) is 0 Å². The molecule has 0 aromatic heterocycles. The lowest BCUT2D eigenvalue weighted by atomic mass is 10.2. The third-order valence-corrected chi connectivity index (χ3v) is 2.66. The van der Waals surface area contributed by atoms with Crippen LogP contribution >= 0.6 is 0 Å². The molecule has 1 atom stereocenters. The summed E-state index contributed by atoms with van der Waals surface area (Å²) in [5.74, 6) is 0.453. The Labute approximate surface area is 105 Å². The molecule has 1 unspecified atom stereocenters. The van der Waals surface area contributed by atoms with Gasteiger partial charge in [0.1, 0.15) is 12.4 Å². The Kier molecular flexibility index (Phi) is 5.47. The van der Waals surface area contributed by atoms with E-state index in [4.69, 9.17) is 4.74 Å². The SMILES string of the molecule is CCC(C)NCCOc1ccc(C(F)(F)F)cc1. The van der Waals surface area contributed by atoms with Crippen molar-refractivity contribution < 1.29 is 17.9 Å². The Hall–Kier alpha value is -1.23. The van der Waals surface area contributed by atoms with Gasteiger partial charge in [0, 0.05) is 12.6 Å². The molecule has 1 rings (SSSR count). The normalized spacial score (nSPS) is 13.4. The van der Waals surface area contributed by atoms with Crippen molar-refractivity contribution in [3.63, 3.8) is 0 Å². The summed E-state index contributed by atoms with van der Waals surface area (Å²) in [6.07, 6.45) is -3.27. The van der Waals surface area contributed by atoms with Gasteiger partial charge in [0.2, 0.25) is 0 Å². The molecule has 0 fully saturated rings. The first kappa shape index (κ1) is 14.8. The lowest BCUT2D eigenvalue weighted by molar-refractivity contribution is -0.137. The first-order chi connectivity index (χ1) is 8.43. The number of alkyl halides is 3. The van der Waals surface area contributed by atoms with Crippen LogP contribution in [0.3, 0.4) is 0 Å². The molecule has 0 spiro atoms. The highest BCUT2D eigenvalue weighted by Gasteiger charge is 2.29. The Balaban J connectivity index is 2.36. The minimum Gasteiger partial charge on any atom is -0.492 e. The van der Waals surface area contributed by atoms with E-state index in [0.29, 0.717) is 24.9 Å². The third kappa shape index (κ3) is 4.96. The fourth-order valence-corrected chi connectivity index (χ4v) is 1.36. The molecule has 18 heavy (non-hydrogen) atoms. The zero-order valence-corrected chi connectivity index (χ0v) is 10.6. The van der Waals surface area contributed by atoms with Crippen molar-refractivity contribution in [2.75, 3.05) is 13.2 Å².